The van der Waals surface area contributed by atoms with Crippen molar-refractivity contribution in [2.24, 2.45) is 0 Å². The molecule has 2 rings (SSSR count). The third kappa shape index (κ3) is 4.68. The number of hydrogen-bond donors (Lipinski definition) is 1. The van der Waals surface area contributed by atoms with E-state index in [0.717, 1.165) is 23.2 Å². The van der Waals surface area contributed by atoms with Crippen LogP contribution in [0.15, 0.2) is 49.2 Å². The number of nitrogens with zero attached hydrogens (tertiary/aromatic N) is 1. The molecular formula is C19H22N2O2. The second-order valence-electron chi connectivity index (χ2n) is 5.27. The Labute approximate surface area is 137 Å². The second kappa shape index (κ2) is 8.13. The average Bonchev–Trinajstić information content (AvgIpc) is 2.60. The molecule has 23 heavy (non-hydrogen) atoms. The lowest BCUT2D eigenvalue weighted by atomic mass is 10.1. The highest BCUT2D eigenvalue weighted by atomic mass is 16.5. The topological polar surface area (TPSA) is 51.2 Å². The van der Waals surface area contributed by atoms with Crippen molar-refractivity contribution in [1.82, 2.24) is 10.3 Å². The number of benzene rings is 1. The van der Waals surface area contributed by atoms with Crippen LogP contribution in [0.3, 0.4) is 0 Å². The van der Waals surface area contributed by atoms with Crippen molar-refractivity contribution in [2.75, 3.05) is 7.11 Å². The molecule has 0 aliphatic rings. The highest BCUT2D eigenvalue weighted by molar-refractivity contribution is 5.79. The Morgan fingerprint density at radius 2 is 2.04 bits per heavy atom. The van der Waals surface area contributed by atoms with Crippen LogP contribution in [0.5, 0.6) is 5.75 Å². The monoisotopic (exact) mass is 310 g/mol. The van der Waals surface area contributed by atoms with Crippen LogP contribution in [0.4, 0.5) is 0 Å². The van der Waals surface area contributed by atoms with Gasteiger partial charge in [0.05, 0.1) is 31.5 Å². The summed E-state index contributed by atoms with van der Waals surface area (Å²) < 4.78 is 5.10. The number of nitrogens with one attached hydrogen (secondary N) is 1. The molecule has 0 aliphatic heterocycles. The lowest BCUT2D eigenvalue weighted by Crippen LogP contribution is -2.30. The Morgan fingerprint density at radius 1 is 1.30 bits per heavy atom. The van der Waals surface area contributed by atoms with Crippen molar-refractivity contribution < 1.29 is 9.53 Å². The van der Waals surface area contributed by atoms with E-state index < -0.39 is 0 Å². The summed E-state index contributed by atoms with van der Waals surface area (Å²) in [5.41, 5.74) is 2.86. The van der Waals surface area contributed by atoms with Gasteiger partial charge < -0.3 is 10.1 Å². The first-order valence-corrected chi connectivity index (χ1v) is 7.67. The highest BCUT2D eigenvalue weighted by Crippen LogP contribution is 2.17. The van der Waals surface area contributed by atoms with Crippen LogP contribution in [0.1, 0.15) is 36.2 Å². The molecule has 0 spiro atoms. The summed E-state index contributed by atoms with van der Waals surface area (Å²) in [5, 5.41) is 3.04. The molecule has 1 aromatic carbocycles. The van der Waals surface area contributed by atoms with Crippen LogP contribution in [0, 0.1) is 0 Å². The molecule has 0 saturated carbocycles. The lowest BCUT2D eigenvalue weighted by molar-refractivity contribution is -0.121. The van der Waals surface area contributed by atoms with E-state index in [4.69, 9.17) is 4.74 Å². The van der Waals surface area contributed by atoms with Crippen molar-refractivity contribution in [3.8, 4) is 5.75 Å². The number of pyridine rings is 1. The van der Waals surface area contributed by atoms with Crippen LogP contribution in [-0.2, 0) is 11.2 Å². The Hall–Kier alpha value is -2.62. The van der Waals surface area contributed by atoms with Crippen LogP contribution >= 0.6 is 0 Å². The first-order chi connectivity index (χ1) is 11.2. The summed E-state index contributed by atoms with van der Waals surface area (Å²) in [6.07, 6.45) is 4.58. The van der Waals surface area contributed by atoms with E-state index in [1.54, 1.807) is 19.4 Å². The number of carbonyl (C=O) groups excluding carboxylic acids is 1. The summed E-state index contributed by atoms with van der Waals surface area (Å²) in [6, 6.07) is 11.4. The smallest absolute Gasteiger partial charge is 0.224 e. The van der Waals surface area contributed by atoms with Crippen LogP contribution < -0.4 is 10.1 Å². The lowest BCUT2D eigenvalue weighted by Gasteiger charge is -2.17. The number of carbonyl (C=O) groups is 1. The third-order valence-corrected chi connectivity index (χ3v) is 3.68. The van der Waals surface area contributed by atoms with Gasteiger partial charge in [0, 0.05) is 0 Å². The van der Waals surface area contributed by atoms with E-state index in [1.807, 2.05) is 43.3 Å². The average molecular weight is 310 g/mol. The molecule has 0 aliphatic carbocycles. The van der Waals surface area contributed by atoms with Crippen LogP contribution in [-0.4, -0.2) is 18.0 Å². The van der Waals surface area contributed by atoms with Crippen molar-refractivity contribution >= 4 is 12.0 Å². The van der Waals surface area contributed by atoms with Crippen LogP contribution in [0.2, 0.25) is 0 Å². The fourth-order valence-electron chi connectivity index (χ4n) is 2.31. The molecule has 1 atom stereocenters. The van der Waals surface area contributed by atoms with Gasteiger partial charge in [-0.2, -0.15) is 0 Å². The SMILES string of the molecule is C=Cc1ccc(CC(=O)N[C@H](CC)c2ccc(OC)cn2)cc1. The quantitative estimate of drug-likeness (QED) is 0.851. The molecule has 0 fully saturated rings. The van der Waals surface area contributed by atoms with Gasteiger partial charge in [-0.3, -0.25) is 9.78 Å². The summed E-state index contributed by atoms with van der Waals surface area (Å²) in [7, 11) is 1.60. The number of hydrogen-bond acceptors (Lipinski definition) is 3. The number of rotatable bonds is 7. The van der Waals surface area contributed by atoms with Crippen molar-refractivity contribution in [3.05, 3.63) is 66.0 Å². The second-order valence-corrected chi connectivity index (χ2v) is 5.27. The van der Waals surface area contributed by atoms with Gasteiger partial charge in [-0.25, -0.2) is 0 Å². The van der Waals surface area contributed by atoms with Crippen molar-refractivity contribution in [1.29, 1.82) is 0 Å². The Kier molecular flexibility index (Phi) is 5.92. The molecule has 0 saturated heterocycles. The van der Waals surface area contributed by atoms with Gasteiger partial charge in [0.25, 0.3) is 0 Å². The maximum atomic E-state index is 12.2. The van der Waals surface area contributed by atoms with Gasteiger partial charge in [0.15, 0.2) is 0 Å². The van der Waals surface area contributed by atoms with E-state index in [9.17, 15) is 4.79 Å². The van der Waals surface area contributed by atoms with Gasteiger partial charge in [-0.15, -0.1) is 0 Å². The van der Waals surface area contributed by atoms with E-state index in [-0.39, 0.29) is 11.9 Å². The molecule has 4 heteroatoms. The third-order valence-electron chi connectivity index (χ3n) is 3.68. The van der Waals surface area contributed by atoms with E-state index in [2.05, 4.69) is 16.9 Å². The number of ether oxygens (including phenoxy) is 1. The highest BCUT2D eigenvalue weighted by Gasteiger charge is 2.14. The van der Waals surface area contributed by atoms with Gasteiger partial charge in [0.1, 0.15) is 5.75 Å². The predicted molar refractivity (Wildman–Crippen MR) is 92.2 cm³/mol. The van der Waals surface area contributed by atoms with Gasteiger partial charge in [0.2, 0.25) is 5.91 Å². The fraction of sp³-hybridized carbons (Fsp3) is 0.263. The minimum Gasteiger partial charge on any atom is -0.495 e. The van der Waals surface area contributed by atoms with Crippen molar-refractivity contribution in [2.45, 2.75) is 25.8 Å². The normalized spacial score (nSPS) is 11.6. The molecule has 1 amide bonds. The molecule has 0 bridgehead atoms. The molecule has 1 heterocycles. The standard InChI is InChI=1S/C19H22N2O2/c1-4-14-6-8-15(9-7-14)12-19(22)21-17(5-2)18-11-10-16(23-3)13-20-18/h4,6-11,13,17H,1,5,12H2,2-3H3,(H,21,22)/t17-/m1/s1. The minimum atomic E-state index is -0.0964. The fourth-order valence-corrected chi connectivity index (χ4v) is 2.31. The number of amides is 1. The molecule has 1 N–H and O–H groups in total. The van der Waals surface area contributed by atoms with Gasteiger partial charge in [-0.1, -0.05) is 43.8 Å². The largest absolute Gasteiger partial charge is 0.495 e. The molecule has 2 aromatic rings. The Morgan fingerprint density at radius 3 is 2.57 bits per heavy atom. The van der Waals surface area contributed by atoms with Crippen molar-refractivity contribution in [3.63, 3.8) is 0 Å². The Bertz CT molecular complexity index is 648. The summed E-state index contributed by atoms with van der Waals surface area (Å²) in [4.78, 5) is 16.6. The summed E-state index contributed by atoms with van der Waals surface area (Å²) in [5.74, 6) is 0.693. The predicted octanol–water partition coefficient (Wildman–Crippen LogP) is 3.54. The van der Waals surface area contributed by atoms with Gasteiger partial charge >= 0.3 is 0 Å². The number of aromatic nitrogens is 1. The van der Waals surface area contributed by atoms with E-state index >= 15 is 0 Å². The minimum absolute atomic E-state index is 0.0131. The number of methoxy groups -OCH3 is 1. The molecule has 120 valence electrons. The van der Waals surface area contributed by atoms with E-state index in [0.29, 0.717) is 12.2 Å². The van der Waals surface area contributed by atoms with Crippen LogP contribution in [0.25, 0.3) is 6.08 Å². The Balaban J connectivity index is 1.99. The summed E-state index contributed by atoms with van der Waals surface area (Å²) in [6.45, 7) is 5.75. The zero-order valence-electron chi connectivity index (χ0n) is 13.6. The molecule has 1 aromatic heterocycles. The molecule has 4 nitrogen and oxygen atoms in total. The zero-order valence-corrected chi connectivity index (χ0v) is 13.6. The maximum Gasteiger partial charge on any atom is 0.224 e. The maximum absolute atomic E-state index is 12.2. The molecular weight excluding hydrogens is 288 g/mol. The molecule has 0 radical (unpaired) electrons. The first-order valence-electron chi connectivity index (χ1n) is 7.67. The van der Waals surface area contributed by atoms with Gasteiger partial charge in [-0.05, 0) is 29.7 Å². The summed E-state index contributed by atoms with van der Waals surface area (Å²) >= 11 is 0. The zero-order chi connectivity index (χ0) is 16.7. The van der Waals surface area contributed by atoms with E-state index in [1.165, 1.54) is 0 Å². The molecule has 0 unspecified atom stereocenters. The first kappa shape index (κ1) is 16.7.